The minimum atomic E-state index is -0.0414. The molecule has 1 aliphatic carbocycles. The van der Waals surface area contributed by atoms with Crippen LogP contribution in [-0.4, -0.2) is 47.5 Å². The lowest BCUT2D eigenvalue weighted by Gasteiger charge is -2.48. The smallest absolute Gasteiger partial charge is 0.234 e. The Balaban J connectivity index is 1.43. The standard InChI is InChI=1S/C19H26N2O2S/c1-21(14-7-10-24-13-14)12-18(22)20-16-11-19(8-4-9-19)23-17-6-3-2-5-15(16)17/h2-3,5-6,14,16H,4,7-13H2,1H3,(H,20,22)/t14-,16-/m0/s1. The molecule has 5 heteroatoms. The van der Waals surface area contributed by atoms with Crippen molar-refractivity contribution in [2.75, 3.05) is 25.1 Å². The molecule has 1 amide bonds. The number of benzene rings is 1. The molecule has 3 aliphatic rings. The van der Waals surface area contributed by atoms with Gasteiger partial charge in [0.05, 0.1) is 12.6 Å². The molecule has 0 aromatic heterocycles. The van der Waals surface area contributed by atoms with Crippen molar-refractivity contribution in [3.63, 3.8) is 0 Å². The Labute approximate surface area is 148 Å². The Bertz CT molecular complexity index is 611. The second kappa shape index (κ2) is 6.60. The number of amides is 1. The van der Waals surface area contributed by atoms with E-state index in [0.717, 1.165) is 36.3 Å². The maximum Gasteiger partial charge on any atom is 0.234 e. The molecule has 1 N–H and O–H groups in total. The molecule has 130 valence electrons. The van der Waals surface area contributed by atoms with Crippen molar-refractivity contribution in [3.05, 3.63) is 29.8 Å². The minimum absolute atomic E-state index is 0.0414. The van der Waals surface area contributed by atoms with Gasteiger partial charge in [0.25, 0.3) is 0 Å². The van der Waals surface area contributed by atoms with E-state index in [1.165, 1.54) is 18.6 Å². The molecule has 1 saturated carbocycles. The van der Waals surface area contributed by atoms with Crippen LogP contribution in [0.4, 0.5) is 0 Å². The molecule has 2 aliphatic heterocycles. The van der Waals surface area contributed by atoms with E-state index in [2.05, 4.69) is 23.3 Å². The zero-order chi connectivity index (χ0) is 16.6. The van der Waals surface area contributed by atoms with Gasteiger partial charge >= 0.3 is 0 Å². The largest absolute Gasteiger partial charge is 0.487 e. The number of likely N-dealkylation sites (N-methyl/N-ethyl adjacent to an activating group) is 1. The summed E-state index contributed by atoms with van der Waals surface area (Å²) in [6.07, 6.45) is 5.53. The molecule has 4 nitrogen and oxygen atoms in total. The molecule has 2 heterocycles. The second-order valence-corrected chi connectivity index (χ2v) is 8.58. The molecule has 24 heavy (non-hydrogen) atoms. The third-order valence-electron chi connectivity index (χ3n) is 5.72. The fraction of sp³-hybridized carbons (Fsp3) is 0.632. The summed E-state index contributed by atoms with van der Waals surface area (Å²) in [6.45, 7) is 0.484. The van der Waals surface area contributed by atoms with Gasteiger partial charge in [-0.25, -0.2) is 0 Å². The van der Waals surface area contributed by atoms with Gasteiger partial charge in [-0.05, 0) is 44.6 Å². The molecule has 1 aromatic carbocycles. The molecule has 0 bridgehead atoms. The van der Waals surface area contributed by atoms with Gasteiger partial charge in [0.1, 0.15) is 11.4 Å². The quantitative estimate of drug-likeness (QED) is 0.910. The maximum atomic E-state index is 12.6. The number of fused-ring (bicyclic) bond motifs is 1. The van der Waals surface area contributed by atoms with Gasteiger partial charge in [0, 0.05) is 23.8 Å². The molecule has 4 rings (SSSR count). The zero-order valence-corrected chi connectivity index (χ0v) is 15.1. The Morgan fingerprint density at radius 1 is 1.42 bits per heavy atom. The number of carbonyl (C=O) groups is 1. The van der Waals surface area contributed by atoms with Gasteiger partial charge in [0.15, 0.2) is 0 Å². The van der Waals surface area contributed by atoms with E-state index in [1.807, 2.05) is 30.0 Å². The lowest BCUT2D eigenvalue weighted by atomic mass is 9.73. The lowest BCUT2D eigenvalue weighted by molar-refractivity contribution is -0.124. The van der Waals surface area contributed by atoms with Crippen LogP contribution >= 0.6 is 11.8 Å². The molecule has 2 atom stereocenters. The van der Waals surface area contributed by atoms with Crippen molar-refractivity contribution in [1.82, 2.24) is 10.2 Å². The number of carbonyl (C=O) groups excluding carboxylic acids is 1. The molecule has 2 fully saturated rings. The zero-order valence-electron chi connectivity index (χ0n) is 14.3. The van der Waals surface area contributed by atoms with Crippen molar-refractivity contribution in [1.29, 1.82) is 0 Å². The second-order valence-electron chi connectivity index (χ2n) is 7.43. The van der Waals surface area contributed by atoms with E-state index in [-0.39, 0.29) is 17.6 Å². The third-order valence-corrected chi connectivity index (χ3v) is 6.86. The minimum Gasteiger partial charge on any atom is -0.487 e. The number of nitrogens with zero attached hydrogens (tertiary/aromatic N) is 1. The van der Waals surface area contributed by atoms with Crippen LogP contribution in [0.25, 0.3) is 0 Å². The predicted molar refractivity (Wildman–Crippen MR) is 97.5 cm³/mol. The van der Waals surface area contributed by atoms with E-state index in [4.69, 9.17) is 4.74 Å². The van der Waals surface area contributed by atoms with E-state index < -0.39 is 0 Å². The van der Waals surface area contributed by atoms with Gasteiger partial charge in [0.2, 0.25) is 5.91 Å². The molecule has 1 saturated heterocycles. The van der Waals surface area contributed by atoms with Crippen molar-refractivity contribution in [3.8, 4) is 5.75 Å². The summed E-state index contributed by atoms with van der Waals surface area (Å²) in [7, 11) is 2.07. The van der Waals surface area contributed by atoms with Crippen molar-refractivity contribution < 1.29 is 9.53 Å². The average molecular weight is 346 g/mol. The van der Waals surface area contributed by atoms with Crippen LogP contribution in [0.5, 0.6) is 5.75 Å². The molecule has 0 radical (unpaired) electrons. The van der Waals surface area contributed by atoms with Crippen LogP contribution in [0.3, 0.4) is 0 Å². The van der Waals surface area contributed by atoms with Crippen LogP contribution in [0.15, 0.2) is 24.3 Å². The van der Waals surface area contributed by atoms with E-state index in [1.54, 1.807) is 0 Å². The Hall–Kier alpha value is -1.20. The van der Waals surface area contributed by atoms with Crippen molar-refractivity contribution in [2.45, 2.75) is 49.8 Å². The maximum absolute atomic E-state index is 12.6. The first-order valence-corrected chi connectivity index (χ1v) is 10.2. The number of hydrogen-bond donors (Lipinski definition) is 1. The van der Waals surface area contributed by atoms with Crippen LogP contribution in [0, 0.1) is 0 Å². The third kappa shape index (κ3) is 3.16. The Kier molecular flexibility index (Phi) is 4.48. The van der Waals surface area contributed by atoms with Crippen LogP contribution in [0.2, 0.25) is 0 Å². The molecule has 1 aromatic rings. The highest BCUT2D eigenvalue weighted by Gasteiger charge is 2.45. The first-order valence-electron chi connectivity index (χ1n) is 9.01. The molecular formula is C19H26N2O2S. The van der Waals surface area contributed by atoms with E-state index >= 15 is 0 Å². The molecular weight excluding hydrogens is 320 g/mol. The highest BCUT2D eigenvalue weighted by atomic mass is 32.2. The first kappa shape index (κ1) is 16.3. The number of para-hydroxylation sites is 1. The Morgan fingerprint density at radius 3 is 2.96 bits per heavy atom. The van der Waals surface area contributed by atoms with Gasteiger partial charge in [-0.1, -0.05) is 18.2 Å². The summed E-state index contributed by atoms with van der Waals surface area (Å²) in [6, 6.07) is 8.79. The fourth-order valence-corrected chi connectivity index (χ4v) is 5.39. The Morgan fingerprint density at radius 2 is 2.25 bits per heavy atom. The SMILES string of the molecule is CN(CC(=O)N[C@H]1CC2(CCC2)Oc2ccccc21)[C@H]1CCSC1. The van der Waals surface area contributed by atoms with Gasteiger partial charge in [-0.2, -0.15) is 11.8 Å². The number of nitrogens with one attached hydrogen (secondary N) is 1. The average Bonchev–Trinajstić information content (AvgIpc) is 3.07. The van der Waals surface area contributed by atoms with Crippen molar-refractivity contribution in [2.24, 2.45) is 0 Å². The molecule has 1 spiro atoms. The van der Waals surface area contributed by atoms with Crippen molar-refractivity contribution >= 4 is 17.7 Å². The van der Waals surface area contributed by atoms with E-state index in [9.17, 15) is 4.79 Å². The fourth-order valence-electron chi connectivity index (χ4n) is 4.09. The number of thioether (sulfide) groups is 1. The number of rotatable bonds is 4. The molecule has 0 unspecified atom stereocenters. The predicted octanol–water partition coefficient (Wildman–Crippen LogP) is 2.99. The summed E-state index contributed by atoms with van der Waals surface area (Å²) < 4.78 is 6.27. The summed E-state index contributed by atoms with van der Waals surface area (Å²) in [5.41, 5.74) is 1.09. The lowest BCUT2D eigenvalue weighted by Crippen LogP contribution is -2.50. The van der Waals surface area contributed by atoms with Gasteiger partial charge in [-0.15, -0.1) is 0 Å². The first-order chi connectivity index (χ1) is 11.7. The highest BCUT2D eigenvalue weighted by molar-refractivity contribution is 7.99. The van der Waals surface area contributed by atoms with E-state index in [0.29, 0.717) is 12.6 Å². The van der Waals surface area contributed by atoms with Gasteiger partial charge < -0.3 is 10.1 Å². The normalized spacial score (nSPS) is 27.4. The summed E-state index contributed by atoms with van der Waals surface area (Å²) in [4.78, 5) is 14.8. The van der Waals surface area contributed by atoms with Crippen LogP contribution in [0.1, 0.15) is 43.7 Å². The number of ether oxygens (including phenoxy) is 1. The topological polar surface area (TPSA) is 41.6 Å². The van der Waals surface area contributed by atoms with Crippen LogP contribution in [-0.2, 0) is 4.79 Å². The summed E-state index contributed by atoms with van der Waals surface area (Å²) in [5, 5.41) is 3.29. The number of hydrogen-bond acceptors (Lipinski definition) is 4. The van der Waals surface area contributed by atoms with Gasteiger partial charge in [-0.3, -0.25) is 9.69 Å². The van der Waals surface area contributed by atoms with Crippen LogP contribution < -0.4 is 10.1 Å². The summed E-state index contributed by atoms with van der Waals surface area (Å²) >= 11 is 1.98. The monoisotopic (exact) mass is 346 g/mol. The highest BCUT2D eigenvalue weighted by Crippen LogP contribution is 2.48. The summed E-state index contributed by atoms with van der Waals surface area (Å²) in [5.74, 6) is 3.44.